The molecule has 1 aromatic carbocycles. The average Bonchev–Trinajstić information content (AvgIpc) is 2.77. The number of hydrogen-bond acceptors (Lipinski definition) is 4. The summed E-state index contributed by atoms with van der Waals surface area (Å²) >= 11 is 0. The first-order chi connectivity index (χ1) is 11.2. The summed E-state index contributed by atoms with van der Waals surface area (Å²) < 4.78 is 0. The van der Waals surface area contributed by atoms with Crippen molar-refractivity contribution in [1.29, 1.82) is 0 Å². The summed E-state index contributed by atoms with van der Waals surface area (Å²) in [5, 5.41) is 10.3. The fourth-order valence-corrected chi connectivity index (χ4v) is 2.95. The minimum absolute atomic E-state index is 0.373. The van der Waals surface area contributed by atoms with Gasteiger partial charge in [-0.15, -0.1) is 0 Å². The lowest BCUT2D eigenvalue weighted by Gasteiger charge is -2.22. The lowest BCUT2D eigenvalue weighted by Crippen LogP contribution is -2.33. The van der Waals surface area contributed by atoms with E-state index in [2.05, 4.69) is 45.6 Å². The molecule has 1 atom stereocenters. The molecule has 3 rings (SSSR count). The van der Waals surface area contributed by atoms with Crippen LogP contribution in [0, 0.1) is 0 Å². The maximum absolute atomic E-state index is 10.3. The molecule has 1 aliphatic heterocycles. The number of anilines is 1. The molecule has 1 fully saturated rings. The van der Waals surface area contributed by atoms with Crippen molar-refractivity contribution in [2.75, 3.05) is 31.1 Å². The molecule has 120 valence electrons. The van der Waals surface area contributed by atoms with Gasteiger partial charge >= 0.3 is 0 Å². The number of aromatic nitrogens is 1. The average molecular weight is 309 g/mol. The summed E-state index contributed by atoms with van der Waals surface area (Å²) in [6.45, 7) is 7.71. The molecule has 1 aliphatic rings. The van der Waals surface area contributed by atoms with Crippen LogP contribution in [0.5, 0.6) is 0 Å². The summed E-state index contributed by atoms with van der Waals surface area (Å²) in [5.74, 6) is 0.913. The third kappa shape index (κ3) is 4.18. The number of aliphatic hydroxyl groups excluding tert-OH is 1. The summed E-state index contributed by atoms with van der Waals surface area (Å²) in [7, 11) is 0. The maximum Gasteiger partial charge on any atom is 0.128 e. The van der Waals surface area contributed by atoms with Gasteiger partial charge in [0, 0.05) is 38.9 Å². The van der Waals surface area contributed by atoms with E-state index in [-0.39, 0.29) is 6.10 Å². The molecule has 2 heterocycles. The molecule has 23 heavy (non-hydrogen) atoms. The highest BCUT2D eigenvalue weighted by atomic mass is 16.3. The standard InChI is InChI=1S/C19H23N3O/c1-2-16-8-9-19(20-12-16)22-11-10-21(14-18(23)15-22)13-17-6-4-3-5-7-17/h2-9,12,18,23H,1,10-11,13-15H2/t18-/m0/s1. The van der Waals surface area contributed by atoms with Crippen molar-refractivity contribution in [3.63, 3.8) is 0 Å². The zero-order chi connectivity index (χ0) is 16.1. The molecule has 0 bridgehead atoms. The first-order valence-electron chi connectivity index (χ1n) is 8.02. The van der Waals surface area contributed by atoms with Gasteiger partial charge in [0.05, 0.1) is 6.10 Å². The first-order valence-corrected chi connectivity index (χ1v) is 8.02. The van der Waals surface area contributed by atoms with Gasteiger partial charge in [0.2, 0.25) is 0 Å². The molecule has 1 N–H and O–H groups in total. The van der Waals surface area contributed by atoms with E-state index in [4.69, 9.17) is 0 Å². The van der Waals surface area contributed by atoms with Crippen molar-refractivity contribution in [3.8, 4) is 0 Å². The van der Waals surface area contributed by atoms with Gasteiger partial charge in [0.15, 0.2) is 0 Å². The van der Waals surface area contributed by atoms with Crippen LogP contribution in [0.1, 0.15) is 11.1 Å². The lowest BCUT2D eigenvalue weighted by molar-refractivity contribution is 0.129. The van der Waals surface area contributed by atoms with E-state index in [1.807, 2.05) is 24.4 Å². The molecule has 1 saturated heterocycles. The smallest absolute Gasteiger partial charge is 0.128 e. The van der Waals surface area contributed by atoms with Crippen molar-refractivity contribution in [2.45, 2.75) is 12.6 Å². The third-order valence-electron chi connectivity index (χ3n) is 4.17. The number of β-amino-alcohol motifs (C(OH)–C–C–N with tert-alkyl or cyclic N) is 1. The zero-order valence-corrected chi connectivity index (χ0v) is 13.3. The molecular weight excluding hydrogens is 286 g/mol. The fraction of sp³-hybridized carbons (Fsp3) is 0.316. The van der Waals surface area contributed by atoms with E-state index < -0.39 is 0 Å². The van der Waals surface area contributed by atoms with Crippen LogP contribution in [-0.2, 0) is 6.54 Å². The Labute approximate surface area is 137 Å². The van der Waals surface area contributed by atoms with Gasteiger partial charge in [0.25, 0.3) is 0 Å². The number of benzene rings is 1. The van der Waals surface area contributed by atoms with Gasteiger partial charge in [-0.25, -0.2) is 4.98 Å². The minimum Gasteiger partial charge on any atom is -0.390 e. The fourth-order valence-electron chi connectivity index (χ4n) is 2.95. The second-order valence-corrected chi connectivity index (χ2v) is 5.97. The highest BCUT2D eigenvalue weighted by molar-refractivity contribution is 5.49. The van der Waals surface area contributed by atoms with Crippen LogP contribution < -0.4 is 4.90 Å². The summed E-state index contributed by atoms with van der Waals surface area (Å²) in [6, 6.07) is 14.4. The molecule has 2 aromatic rings. The number of rotatable bonds is 4. The van der Waals surface area contributed by atoms with E-state index in [1.54, 1.807) is 6.08 Å². The highest BCUT2D eigenvalue weighted by Crippen LogP contribution is 2.16. The van der Waals surface area contributed by atoms with Gasteiger partial charge in [-0.1, -0.05) is 43.0 Å². The molecule has 0 saturated carbocycles. The quantitative estimate of drug-likeness (QED) is 0.941. The molecule has 0 amide bonds. The Morgan fingerprint density at radius 1 is 1.13 bits per heavy atom. The van der Waals surface area contributed by atoms with Gasteiger partial charge in [-0.3, -0.25) is 4.90 Å². The number of aliphatic hydroxyl groups is 1. The molecule has 1 aromatic heterocycles. The van der Waals surface area contributed by atoms with E-state index in [9.17, 15) is 5.11 Å². The molecule has 0 unspecified atom stereocenters. The van der Waals surface area contributed by atoms with Gasteiger partial charge in [-0.2, -0.15) is 0 Å². The van der Waals surface area contributed by atoms with Crippen LogP contribution in [0.3, 0.4) is 0 Å². The molecular formula is C19H23N3O. The third-order valence-corrected chi connectivity index (χ3v) is 4.17. The van der Waals surface area contributed by atoms with Crippen LogP contribution in [0.25, 0.3) is 6.08 Å². The van der Waals surface area contributed by atoms with Crippen LogP contribution in [0.2, 0.25) is 0 Å². The maximum atomic E-state index is 10.3. The van der Waals surface area contributed by atoms with E-state index >= 15 is 0 Å². The highest BCUT2D eigenvalue weighted by Gasteiger charge is 2.22. The van der Waals surface area contributed by atoms with Crippen LogP contribution in [0.4, 0.5) is 5.82 Å². The van der Waals surface area contributed by atoms with Crippen molar-refractivity contribution >= 4 is 11.9 Å². The first kappa shape index (κ1) is 15.7. The van der Waals surface area contributed by atoms with Crippen LogP contribution in [0.15, 0.2) is 55.2 Å². The SMILES string of the molecule is C=Cc1ccc(N2CCN(Cc3ccccc3)C[C@H](O)C2)nc1. The Hall–Kier alpha value is -2.17. The Kier molecular flexibility index (Phi) is 5.05. The Bertz CT molecular complexity index is 627. The topological polar surface area (TPSA) is 39.6 Å². The van der Waals surface area contributed by atoms with Crippen LogP contribution in [-0.4, -0.2) is 47.3 Å². The number of pyridine rings is 1. The Morgan fingerprint density at radius 2 is 1.96 bits per heavy atom. The van der Waals surface area contributed by atoms with E-state index in [0.29, 0.717) is 13.1 Å². The van der Waals surface area contributed by atoms with E-state index in [1.165, 1.54) is 5.56 Å². The van der Waals surface area contributed by atoms with Gasteiger partial charge in [-0.05, 0) is 23.3 Å². The van der Waals surface area contributed by atoms with E-state index in [0.717, 1.165) is 31.0 Å². The predicted octanol–water partition coefficient (Wildman–Crippen LogP) is 2.41. The summed E-state index contributed by atoms with van der Waals surface area (Å²) in [6.07, 6.45) is 3.24. The predicted molar refractivity (Wildman–Crippen MR) is 94.3 cm³/mol. The molecule has 0 radical (unpaired) electrons. The minimum atomic E-state index is -0.373. The van der Waals surface area contributed by atoms with Gasteiger partial charge < -0.3 is 10.0 Å². The monoisotopic (exact) mass is 309 g/mol. The largest absolute Gasteiger partial charge is 0.390 e. The number of hydrogen-bond donors (Lipinski definition) is 1. The van der Waals surface area contributed by atoms with Crippen molar-refractivity contribution in [2.24, 2.45) is 0 Å². The second-order valence-electron chi connectivity index (χ2n) is 5.97. The Balaban J connectivity index is 1.66. The van der Waals surface area contributed by atoms with Crippen molar-refractivity contribution in [3.05, 3.63) is 66.4 Å². The van der Waals surface area contributed by atoms with Crippen LogP contribution >= 0.6 is 0 Å². The normalized spacial score (nSPS) is 19.3. The second kappa shape index (κ2) is 7.40. The Morgan fingerprint density at radius 3 is 2.65 bits per heavy atom. The molecule has 0 spiro atoms. The molecule has 4 nitrogen and oxygen atoms in total. The lowest BCUT2D eigenvalue weighted by atomic mass is 10.2. The number of nitrogens with zero attached hydrogens (tertiary/aromatic N) is 3. The van der Waals surface area contributed by atoms with Crippen molar-refractivity contribution < 1.29 is 5.11 Å². The molecule has 4 heteroatoms. The van der Waals surface area contributed by atoms with Crippen molar-refractivity contribution in [1.82, 2.24) is 9.88 Å². The molecule has 0 aliphatic carbocycles. The summed E-state index contributed by atoms with van der Waals surface area (Å²) in [4.78, 5) is 8.94. The summed E-state index contributed by atoms with van der Waals surface area (Å²) in [5.41, 5.74) is 2.29. The van der Waals surface area contributed by atoms with Gasteiger partial charge in [0.1, 0.15) is 5.82 Å². The zero-order valence-electron chi connectivity index (χ0n) is 13.3.